The van der Waals surface area contributed by atoms with Crippen LogP contribution in [0.3, 0.4) is 0 Å². The fraction of sp³-hybridized carbons (Fsp3) is 0.529. The Hall–Kier alpha value is -2.08. The second-order valence-corrected chi connectivity index (χ2v) is 6.07. The Morgan fingerprint density at radius 3 is 2.35 bits per heavy atom. The molecule has 0 heterocycles. The van der Waals surface area contributed by atoms with Crippen molar-refractivity contribution in [3.8, 4) is 0 Å². The van der Waals surface area contributed by atoms with Crippen LogP contribution in [0.5, 0.6) is 0 Å². The first-order valence-electron chi connectivity index (χ1n) is 7.79. The lowest BCUT2D eigenvalue weighted by atomic mass is 10.1. The minimum Gasteiger partial charge on any atom is -0.462 e. The molecule has 0 bridgehead atoms. The summed E-state index contributed by atoms with van der Waals surface area (Å²) in [5.41, 5.74) is 6.49. The van der Waals surface area contributed by atoms with Gasteiger partial charge < -0.3 is 9.47 Å². The zero-order chi connectivity index (χ0) is 17.3. The van der Waals surface area contributed by atoms with Gasteiger partial charge in [-0.05, 0) is 58.2 Å². The number of hydrazine groups is 1. The van der Waals surface area contributed by atoms with Crippen molar-refractivity contribution >= 4 is 12.1 Å². The number of ether oxygens (including phenoxy) is 2. The average Bonchev–Trinajstić information content (AvgIpc) is 2.46. The summed E-state index contributed by atoms with van der Waals surface area (Å²) in [5, 5.41) is 0. The number of nitrogens with one attached hydrogen (secondary N) is 2. The highest BCUT2D eigenvalue weighted by molar-refractivity contribution is 5.89. The summed E-state index contributed by atoms with van der Waals surface area (Å²) in [6.45, 7) is 8.21. The van der Waals surface area contributed by atoms with Crippen molar-refractivity contribution in [1.29, 1.82) is 0 Å². The number of amides is 1. The van der Waals surface area contributed by atoms with Gasteiger partial charge in [-0.15, -0.1) is 0 Å². The van der Waals surface area contributed by atoms with Crippen molar-refractivity contribution in [1.82, 2.24) is 10.9 Å². The Labute approximate surface area is 137 Å². The van der Waals surface area contributed by atoms with Gasteiger partial charge in [-0.25, -0.2) is 15.0 Å². The third-order valence-electron chi connectivity index (χ3n) is 2.82. The minimum absolute atomic E-state index is 0.303. The van der Waals surface area contributed by atoms with Crippen molar-refractivity contribution < 1.29 is 19.1 Å². The lowest BCUT2D eigenvalue weighted by Crippen LogP contribution is -2.41. The van der Waals surface area contributed by atoms with E-state index in [0.29, 0.717) is 18.7 Å². The van der Waals surface area contributed by atoms with Crippen LogP contribution in [0.1, 0.15) is 50.0 Å². The summed E-state index contributed by atoms with van der Waals surface area (Å²) in [4.78, 5) is 22.9. The Morgan fingerprint density at radius 2 is 1.78 bits per heavy atom. The molecule has 1 aromatic rings. The number of benzene rings is 1. The van der Waals surface area contributed by atoms with Crippen LogP contribution >= 0.6 is 0 Å². The average molecular weight is 322 g/mol. The summed E-state index contributed by atoms with van der Waals surface area (Å²) >= 11 is 0. The number of hydrogen-bond acceptors (Lipinski definition) is 5. The highest BCUT2D eigenvalue weighted by Gasteiger charge is 2.15. The maximum absolute atomic E-state index is 11.5. The molecule has 0 unspecified atom stereocenters. The van der Waals surface area contributed by atoms with Crippen LogP contribution in [0.4, 0.5) is 4.79 Å². The molecule has 2 N–H and O–H groups in total. The highest BCUT2D eigenvalue weighted by Crippen LogP contribution is 2.08. The number of rotatable bonds is 7. The zero-order valence-electron chi connectivity index (χ0n) is 14.3. The van der Waals surface area contributed by atoms with Gasteiger partial charge in [0.15, 0.2) is 0 Å². The summed E-state index contributed by atoms with van der Waals surface area (Å²) in [5.74, 6) is -0.303. The second kappa shape index (κ2) is 9.15. The molecule has 6 nitrogen and oxygen atoms in total. The topological polar surface area (TPSA) is 76.7 Å². The van der Waals surface area contributed by atoms with Crippen molar-refractivity contribution in [2.24, 2.45) is 0 Å². The van der Waals surface area contributed by atoms with E-state index < -0.39 is 11.7 Å². The minimum atomic E-state index is -0.508. The second-order valence-electron chi connectivity index (χ2n) is 6.07. The van der Waals surface area contributed by atoms with E-state index in [-0.39, 0.29) is 5.97 Å². The van der Waals surface area contributed by atoms with Gasteiger partial charge in [-0.2, -0.15) is 0 Å². The first-order chi connectivity index (χ1) is 10.8. The molecule has 1 amide bonds. The van der Waals surface area contributed by atoms with Crippen LogP contribution in [0.15, 0.2) is 24.3 Å². The van der Waals surface area contributed by atoms with E-state index in [1.165, 1.54) is 0 Å². The van der Waals surface area contributed by atoms with E-state index >= 15 is 0 Å². The molecule has 0 aliphatic carbocycles. The number of hydrogen-bond donors (Lipinski definition) is 2. The normalized spacial score (nSPS) is 11.0. The van der Waals surface area contributed by atoms with Gasteiger partial charge >= 0.3 is 12.1 Å². The van der Waals surface area contributed by atoms with E-state index in [4.69, 9.17) is 9.47 Å². The van der Waals surface area contributed by atoms with Crippen LogP contribution in [0, 0.1) is 0 Å². The number of aryl methyl sites for hydroxylation is 1. The molecule has 0 fully saturated rings. The van der Waals surface area contributed by atoms with Crippen LogP contribution in [-0.2, 0) is 15.9 Å². The molecule has 0 aliphatic rings. The van der Waals surface area contributed by atoms with E-state index in [9.17, 15) is 9.59 Å². The Bertz CT molecular complexity index is 506. The van der Waals surface area contributed by atoms with E-state index in [1.807, 2.05) is 32.9 Å². The monoisotopic (exact) mass is 322 g/mol. The summed E-state index contributed by atoms with van der Waals surface area (Å²) in [7, 11) is 0. The quantitative estimate of drug-likeness (QED) is 0.458. The van der Waals surface area contributed by atoms with E-state index in [0.717, 1.165) is 18.4 Å². The van der Waals surface area contributed by atoms with Crippen LogP contribution in [0.2, 0.25) is 0 Å². The Kier molecular flexibility index (Phi) is 7.54. The van der Waals surface area contributed by atoms with Gasteiger partial charge in [-0.1, -0.05) is 12.1 Å². The van der Waals surface area contributed by atoms with Crippen LogP contribution < -0.4 is 10.9 Å². The fourth-order valence-electron chi connectivity index (χ4n) is 1.84. The van der Waals surface area contributed by atoms with Gasteiger partial charge in [-0.3, -0.25) is 5.43 Å². The number of esters is 1. The molecule has 128 valence electrons. The van der Waals surface area contributed by atoms with Crippen LogP contribution in [0.25, 0.3) is 0 Å². The molecule has 0 saturated carbocycles. The van der Waals surface area contributed by atoms with Crippen molar-refractivity contribution in [3.05, 3.63) is 35.4 Å². The summed E-state index contributed by atoms with van der Waals surface area (Å²) < 4.78 is 10.0. The molecule has 0 saturated heterocycles. The molecule has 1 aromatic carbocycles. The lowest BCUT2D eigenvalue weighted by Gasteiger charge is -2.19. The predicted octanol–water partition coefficient (Wildman–Crippen LogP) is 2.83. The maximum Gasteiger partial charge on any atom is 0.422 e. The molecule has 0 radical (unpaired) electrons. The zero-order valence-corrected chi connectivity index (χ0v) is 14.3. The van der Waals surface area contributed by atoms with E-state index in [2.05, 4.69) is 10.9 Å². The molecule has 0 aromatic heterocycles. The first-order valence-corrected chi connectivity index (χ1v) is 7.79. The molecular formula is C17H26N2O4. The first kappa shape index (κ1) is 19.0. The van der Waals surface area contributed by atoms with Gasteiger partial charge in [0.05, 0.1) is 12.2 Å². The molecule has 0 atom stereocenters. The molecule has 1 rings (SSSR count). The molecule has 0 aliphatic heterocycles. The molecule has 0 spiro atoms. The van der Waals surface area contributed by atoms with E-state index in [1.54, 1.807) is 19.1 Å². The molecular weight excluding hydrogens is 296 g/mol. The summed E-state index contributed by atoms with van der Waals surface area (Å²) in [6, 6.07) is 7.35. The van der Waals surface area contributed by atoms with Gasteiger partial charge in [0.25, 0.3) is 0 Å². The smallest absolute Gasteiger partial charge is 0.422 e. The number of carbonyl (C=O) groups excluding carboxylic acids is 2. The maximum atomic E-state index is 11.5. The van der Waals surface area contributed by atoms with Crippen LogP contribution in [-0.4, -0.2) is 30.8 Å². The summed E-state index contributed by atoms with van der Waals surface area (Å²) in [6.07, 6.45) is 1.19. The molecule has 6 heteroatoms. The fourth-order valence-corrected chi connectivity index (χ4v) is 1.84. The lowest BCUT2D eigenvalue weighted by molar-refractivity contribution is 0.0495. The Morgan fingerprint density at radius 1 is 1.13 bits per heavy atom. The van der Waals surface area contributed by atoms with Gasteiger partial charge in [0.2, 0.25) is 0 Å². The predicted molar refractivity (Wildman–Crippen MR) is 88.1 cm³/mol. The van der Waals surface area contributed by atoms with Gasteiger partial charge in [0, 0.05) is 6.54 Å². The number of carbonyl (C=O) groups is 2. The Balaban J connectivity index is 2.23. The largest absolute Gasteiger partial charge is 0.462 e. The SMILES string of the molecule is CCOC(=O)c1ccc(CCCNNC(=O)OC(C)(C)C)cc1. The van der Waals surface area contributed by atoms with Crippen molar-refractivity contribution in [2.75, 3.05) is 13.2 Å². The van der Waals surface area contributed by atoms with Crippen molar-refractivity contribution in [3.63, 3.8) is 0 Å². The molecule has 23 heavy (non-hydrogen) atoms. The van der Waals surface area contributed by atoms with Gasteiger partial charge in [0.1, 0.15) is 5.60 Å². The third-order valence-corrected chi connectivity index (χ3v) is 2.82. The standard InChI is InChI=1S/C17H26N2O4/c1-5-22-15(20)14-10-8-13(9-11-14)7-6-12-18-19-16(21)23-17(2,3)4/h8-11,18H,5-7,12H2,1-4H3,(H,19,21). The third kappa shape index (κ3) is 8.21. The van der Waals surface area contributed by atoms with Crippen molar-refractivity contribution in [2.45, 2.75) is 46.1 Å². The highest BCUT2D eigenvalue weighted by atomic mass is 16.6.